The zero-order valence-corrected chi connectivity index (χ0v) is 9.46. The Bertz CT molecular complexity index is 368. The fourth-order valence-corrected chi connectivity index (χ4v) is 2.83. The van der Waals surface area contributed by atoms with Gasteiger partial charge in [0.15, 0.2) is 0 Å². The molecule has 2 rings (SSSR count). The summed E-state index contributed by atoms with van der Waals surface area (Å²) in [4.78, 5) is 14.9. The van der Waals surface area contributed by atoms with Crippen molar-refractivity contribution in [1.29, 1.82) is 0 Å². The first-order chi connectivity index (χ1) is 7.16. The van der Waals surface area contributed by atoms with Gasteiger partial charge < -0.3 is 5.11 Å². The molecule has 1 aliphatic carbocycles. The van der Waals surface area contributed by atoms with Gasteiger partial charge in [0.05, 0.1) is 16.0 Å². The largest absolute Gasteiger partial charge is 0.481 e. The van der Waals surface area contributed by atoms with Crippen LogP contribution in [0.1, 0.15) is 12.8 Å². The van der Waals surface area contributed by atoms with Gasteiger partial charge in [0, 0.05) is 11.4 Å². The minimum atomic E-state index is -0.701. The number of aliphatic carboxylic acids is 1. The van der Waals surface area contributed by atoms with Crippen molar-refractivity contribution < 1.29 is 9.90 Å². The zero-order valence-electron chi connectivity index (χ0n) is 7.89. The van der Waals surface area contributed by atoms with Gasteiger partial charge in [0.1, 0.15) is 0 Å². The highest BCUT2D eigenvalue weighted by atomic mass is 35.5. The van der Waals surface area contributed by atoms with Crippen LogP contribution < -0.4 is 0 Å². The summed E-state index contributed by atoms with van der Waals surface area (Å²) in [6.45, 7) is 0. The number of halogens is 1. The van der Waals surface area contributed by atoms with E-state index in [-0.39, 0.29) is 11.2 Å². The Balaban J connectivity index is 1.97. The normalized spacial score (nSPS) is 24.6. The van der Waals surface area contributed by atoms with E-state index < -0.39 is 5.97 Å². The number of thioether (sulfide) groups is 1. The van der Waals surface area contributed by atoms with Crippen LogP contribution in [-0.4, -0.2) is 21.3 Å². The third kappa shape index (κ3) is 2.44. The van der Waals surface area contributed by atoms with Crippen LogP contribution in [0.3, 0.4) is 0 Å². The molecule has 0 saturated heterocycles. The summed E-state index contributed by atoms with van der Waals surface area (Å²) in [5, 5.41) is 10.5. The van der Waals surface area contributed by atoms with E-state index in [1.165, 1.54) is 11.8 Å². The number of aromatic nitrogens is 1. The Morgan fingerprint density at radius 2 is 2.33 bits per heavy atom. The third-order valence-corrected chi connectivity index (χ3v) is 4.07. The maximum atomic E-state index is 10.8. The number of nitrogens with zero attached hydrogens (tertiary/aromatic N) is 1. The molecule has 1 fully saturated rings. The van der Waals surface area contributed by atoms with Crippen molar-refractivity contribution in [1.82, 2.24) is 4.98 Å². The zero-order chi connectivity index (χ0) is 10.8. The second kappa shape index (κ2) is 4.41. The number of hydrogen-bond acceptors (Lipinski definition) is 3. The lowest BCUT2D eigenvalue weighted by Gasteiger charge is -2.32. The quantitative estimate of drug-likeness (QED) is 0.887. The van der Waals surface area contributed by atoms with Crippen LogP contribution in [0.25, 0.3) is 0 Å². The van der Waals surface area contributed by atoms with Crippen molar-refractivity contribution in [3.63, 3.8) is 0 Å². The molecule has 1 saturated carbocycles. The first kappa shape index (κ1) is 10.8. The summed E-state index contributed by atoms with van der Waals surface area (Å²) in [6.07, 6.45) is 3.31. The molecule has 80 valence electrons. The molecule has 0 amide bonds. The lowest BCUT2D eigenvalue weighted by atomic mass is 9.85. The van der Waals surface area contributed by atoms with Crippen LogP contribution in [0.15, 0.2) is 23.4 Å². The van der Waals surface area contributed by atoms with E-state index in [4.69, 9.17) is 16.7 Å². The summed E-state index contributed by atoms with van der Waals surface area (Å²) in [6, 6.07) is 3.59. The van der Waals surface area contributed by atoms with E-state index in [2.05, 4.69) is 4.98 Å². The standard InChI is InChI=1S/C10H10ClNO2S/c11-6-1-4-9(12-5-6)15-8-3-2-7(8)10(13)14/h1,4-5,7-8H,2-3H2,(H,13,14). The molecule has 0 bridgehead atoms. The Hall–Kier alpha value is -0.740. The molecule has 5 heteroatoms. The maximum Gasteiger partial charge on any atom is 0.307 e. The Morgan fingerprint density at radius 1 is 1.53 bits per heavy atom. The fraction of sp³-hybridized carbons (Fsp3) is 0.400. The van der Waals surface area contributed by atoms with Crippen molar-refractivity contribution >= 4 is 29.3 Å². The number of carbonyl (C=O) groups is 1. The maximum absolute atomic E-state index is 10.8. The van der Waals surface area contributed by atoms with Crippen LogP contribution in [0.2, 0.25) is 5.02 Å². The minimum absolute atomic E-state index is 0.163. The van der Waals surface area contributed by atoms with Crippen molar-refractivity contribution in [3.05, 3.63) is 23.4 Å². The first-order valence-corrected chi connectivity index (χ1v) is 5.93. The second-order valence-electron chi connectivity index (χ2n) is 3.49. The Morgan fingerprint density at radius 3 is 2.80 bits per heavy atom. The van der Waals surface area contributed by atoms with E-state index >= 15 is 0 Å². The van der Waals surface area contributed by atoms with Crippen molar-refractivity contribution in [2.75, 3.05) is 0 Å². The lowest BCUT2D eigenvalue weighted by Crippen LogP contribution is -2.35. The van der Waals surface area contributed by atoms with Crippen LogP contribution in [0, 0.1) is 5.92 Å². The van der Waals surface area contributed by atoms with Gasteiger partial charge in [-0.2, -0.15) is 0 Å². The molecule has 1 aromatic rings. The predicted molar refractivity (Wildman–Crippen MR) is 59.3 cm³/mol. The van der Waals surface area contributed by atoms with Gasteiger partial charge in [-0.3, -0.25) is 4.79 Å². The van der Waals surface area contributed by atoms with Crippen LogP contribution in [0.5, 0.6) is 0 Å². The Labute approximate surface area is 96.9 Å². The topological polar surface area (TPSA) is 50.2 Å². The molecule has 0 spiro atoms. The summed E-state index contributed by atoms with van der Waals surface area (Å²) in [7, 11) is 0. The van der Waals surface area contributed by atoms with Crippen LogP contribution >= 0.6 is 23.4 Å². The van der Waals surface area contributed by atoms with E-state index in [9.17, 15) is 4.79 Å². The molecule has 3 nitrogen and oxygen atoms in total. The SMILES string of the molecule is O=C(O)C1CCC1Sc1ccc(Cl)cn1. The molecule has 1 heterocycles. The van der Waals surface area contributed by atoms with Gasteiger partial charge in [-0.1, -0.05) is 11.6 Å². The number of pyridine rings is 1. The van der Waals surface area contributed by atoms with Gasteiger partial charge in [-0.15, -0.1) is 11.8 Å². The monoisotopic (exact) mass is 243 g/mol. The number of carboxylic acids is 1. The van der Waals surface area contributed by atoms with E-state index in [0.29, 0.717) is 5.02 Å². The molecule has 0 aliphatic heterocycles. The molecule has 2 atom stereocenters. The molecule has 0 radical (unpaired) electrons. The van der Waals surface area contributed by atoms with Gasteiger partial charge in [0.25, 0.3) is 0 Å². The molecule has 0 aromatic carbocycles. The van der Waals surface area contributed by atoms with Crippen molar-refractivity contribution in [3.8, 4) is 0 Å². The van der Waals surface area contributed by atoms with Gasteiger partial charge in [0.2, 0.25) is 0 Å². The lowest BCUT2D eigenvalue weighted by molar-refractivity contribution is -0.144. The molecular formula is C10H10ClNO2S. The Kier molecular flexibility index (Phi) is 3.17. The second-order valence-corrected chi connectivity index (χ2v) is 5.19. The van der Waals surface area contributed by atoms with Crippen molar-refractivity contribution in [2.24, 2.45) is 5.92 Å². The molecule has 15 heavy (non-hydrogen) atoms. The van der Waals surface area contributed by atoms with E-state index in [1.54, 1.807) is 12.3 Å². The first-order valence-electron chi connectivity index (χ1n) is 4.68. The smallest absolute Gasteiger partial charge is 0.307 e. The van der Waals surface area contributed by atoms with Gasteiger partial charge in [-0.05, 0) is 25.0 Å². The molecule has 1 aromatic heterocycles. The third-order valence-electron chi connectivity index (χ3n) is 2.50. The summed E-state index contributed by atoms with van der Waals surface area (Å²) >= 11 is 7.23. The van der Waals surface area contributed by atoms with Gasteiger partial charge >= 0.3 is 5.97 Å². The highest BCUT2D eigenvalue weighted by Crippen LogP contribution is 2.40. The highest BCUT2D eigenvalue weighted by Gasteiger charge is 2.37. The highest BCUT2D eigenvalue weighted by molar-refractivity contribution is 8.00. The molecule has 2 unspecified atom stereocenters. The minimum Gasteiger partial charge on any atom is -0.481 e. The van der Waals surface area contributed by atoms with Crippen LogP contribution in [0.4, 0.5) is 0 Å². The summed E-state index contributed by atoms with van der Waals surface area (Å²) in [5.74, 6) is -0.916. The summed E-state index contributed by atoms with van der Waals surface area (Å²) in [5.41, 5.74) is 0. The number of hydrogen-bond donors (Lipinski definition) is 1. The van der Waals surface area contributed by atoms with E-state index in [1.807, 2.05) is 6.07 Å². The average Bonchev–Trinajstić information content (AvgIpc) is 2.14. The summed E-state index contributed by atoms with van der Waals surface area (Å²) < 4.78 is 0. The number of rotatable bonds is 3. The number of carboxylic acid groups (broad SMARTS) is 1. The van der Waals surface area contributed by atoms with E-state index in [0.717, 1.165) is 17.9 Å². The fourth-order valence-electron chi connectivity index (χ4n) is 1.48. The molecule has 1 aliphatic rings. The molecule has 1 N–H and O–H groups in total. The molecular weight excluding hydrogens is 234 g/mol. The van der Waals surface area contributed by atoms with Gasteiger partial charge in [-0.25, -0.2) is 4.98 Å². The van der Waals surface area contributed by atoms with Crippen molar-refractivity contribution in [2.45, 2.75) is 23.1 Å². The van der Waals surface area contributed by atoms with Crippen LogP contribution in [-0.2, 0) is 4.79 Å². The predicted octanol–water partition coefficient (Wildman–Crippen LogP) is 2.69. The average molecular weight is 244 g/mol.